The van der Waals surface area contributed by atoms with Gasteiger partial charge in [0.05, 0.1) is 6.61 Å². The van der Waals surface area contributed by atoms with E-state index in [1.165, 1.54) is 64.2 Å². The van der Waals surface area contributed by atoms with Crippen molar-refractivity contribution in [3.8, 4) is 0 Å². The molecule has 0 aromatic rings. The third-order valence-corrected chi connectivity index (χ3v) is 4.19. The Balaban J connectivity index is 3.11. The number of carbonyl (C=O) groups is 1. The number of carbonyl (C=O) groups excluding carboxylic acids is 1. The fraction of sp³-hybridized carbons (Fsp3) is 0.941. The Kier molecular flexibility index (Phi) is 16.1. The second-order valence-electron chi connectivity index (χ2n) is 5.83. The number of rotatable bonds is 15. The van der Waals surface area contributed by atoms with Crippen molar-refractivity contribution in [2.45, 2.75) is 97.0 Å². The van der Waals surface area contributed by atoms with Crippen LogP contribution in [0.1, 0.15) is 90.9 Å². The molecule has 126 valence electrons. The third kappa shape index (κ3) is 14.6. The van der Waals surface area contributed by atoms with Gasteiger partial charge in [0.1, 0.15) is 0 Å². The molecule has 0 heterocycles. The van der Waals surface area contributed by atoms with Crippen LogP contribution < -0.4 is 0 Å². The second-order valence-corrected chi connectivity index (χ2v) is 6.11. The van der Waals surface area contributed by atoms with E-state index in [0.717, 1.165) is 12.8 Å². The molecule has 0 aromatic heterocycles. The van der Waals surface area contributed by atoms with Crippen LogP contribution in [-0.4, -0.2) is 18.7 Å². The van der Waals surface area contributed by atoms with Crippen LogP contribution in [-0.2, 0) is 14.1 Å². The summed E-state index contributed by atoms with van der Waals surface area (Å²) in [7, 11) is 2.09. The predicted octanol–water partition coefficient (Wildman–Crippen LogP) is 5.43. The maximum absolute atomic E-state index is 11.3. The van der Waals surface area contributed by atoms with Gasteiger partial charge in [-0.1, -0.05) is 77.6 Å². The summed E-state index contributed by atoms with van der Waals surface area (Å²) >= 11 is 0. The number of esters is 1. The summed E-state index contributed by atoms with van der Waals surface area (Å²) in [6, 6.07) is 0. The first-order valence-corrected chi connectivity index (χ1v) is 9.21. The smallest absolute Gasteiger partial charge is 0.335 e. The zero-order valence-corrected chi connectivity index (χ0v) is 15.2. The quantitative estimate of drug-likeness (QED) is 0.229. The second kappa shape index (κ2) is 16.2. The van der Waals surface area contributed by atoms with Gasteiger partial charge in [-0.25, -0.2) is 4.79 Å². The van der Waals surface area contributed by atoms with Crippen LogP contribution in [0.5, 0.6) is 0 Å². The summed E-state index contributed by atoms with van der Waals surface area (Å²) in [5.41, 5.74) is 0. The first-order chi connectivity index (χ1) is 10.2. The van der Waals surface area contributed by atoms with E-state index in [4.69, 9.17) is 9.26 Å². The SMILES string of the molecule is CCCCCCCCCCCCCCOC(=O)C(C)OP. The molecule has 4 heteroatoms. The van der Waals surface area contributed by atoms with Gasteiger partial charge in [-0.3, -0.25) is 0 Å². The highest BCUT2D eigenvalue weighted by molar-refractivity contribution is 7.09. The van der Waals surface area contributed by atoms with Crippen molar-refractivity contribution in [2.24, 2.45) is 0 Å². The molecule has 3 nitrogen and oxygen atoms in total. The maximum atomic E-state index is 11.3. The van der Waals surface area contributed by atoms with Gasteiger partial charge < -0.3 is 9.26 Å². The first-order valence-electron chi connectivity index (χ1n) is 8.74. The summed E-state index contributed by atoms with van der Waals surface area (Å²) < 4.78 is 9.93. The largest absolute Gasteiger partial charge is 0.464 e. The lowest BCUT2D eigenvalue weighted by atomic mass is 10.1. The van der Waals surface area contributed by atoms with Gasteiger partial charge in [-0.2, -0.15) is 0 Å². The molecular weight excluding hydrogens is 283 g/mol. The van der Waals surface area contributed by atoms with Crippen LogP contribution in [0.4, 0.5) is 0 Å². The average molecular weight is 318 g/mol. The Hall–Kier alpha value is -0.140. The molecule has 0 saturated heterocycles. The summed E-state index contributed by atoms with van der Waals surface area (Å²) in [4.78, 5) is 11.3. The molecule has 21 heavy (non-hydrogen) atoms. The Bertz CT molecular complexity index is 234. The van der Waals surface area contributed by atoms with Gasteiger partial charge in [-0.15, -0.1) is 0 Å². The lowest BCUT2D eigenvalue weighted by Gasteiger charge is -2.09. The van der Waals surface area contributed by atoms with E-state index < -0.39 is 6.10 Å². The van der Waals surface area contributed by atoms with Crippen LogP contribution >= 0.6 is 9.47 Å². The highest BCUT2D eigenvalue weighted by Crippen LogP contribution is 2.12. The van der Waals surface area contributed by atoms with Crippen molar-refractivity contribution in [2.75, 3.05) is 6.61 Å². The van der Waals surface area contributed by atoms with E-state index >= 15 is 0 Å². The average Bonchev–Trinajstić information content (AvgIpc) is 2.50. The molecule has 0 amide bonds. The van der Waals surface area contributed by atoms with Crippen LogP contribution in [0, 0.1) is 0 Å². The Morgan fingerprint density at radius 2 is 1.29 bits per heavy atom. The zero-order valence-electron chi connectivity index (χ0n) is 14.1. The summed E-state index contributed by atoms with van der Waals surface area (Å²) in [6.07, 6.45) is 15.3. The number of hydrogen-bond acceptors (Lipinski definition) is 3. The van der Waals surface area contributed by atoms with Crippen molar-refractivity contribution >= 4 is 15.4 Å². The molecule has 0 saturated carbocycles. The highest BCUT2D eigenvalue weighted by Gasteiger charge is 2.12. The standard InChI is InChI=1S/C17H35O3P/c1-3-4-5-6-7-8-9-10-11-12-13-14-15-19-17(18)16(2)20-21/h16H,3-15,21H2,1-2H3. The molecule has 0 aromatic carbocycles. The molecule has 0 fully saturated rings. The van der Waals surface area contributed by atoms with Crippen LogP contribution in [0.2, 0.25) is 0 Å². The Morgan fingerprint density at radius 1 is 0.857 bits per heavy atom. The molecule has 0 aliphatic carbocycles. The van der Waals surface area contributed by atoms with Crippen molar-refractivity contribution in [3.05, 3.63) is 0 Å². The first kappa shape index (κ1) is 20.9. The number of hydrogen-bond donors (Lipinski definition) is 0. The van der Waals surface area contributed by atoms with Gasteiger partial charge in [0.15, 0.2) is 6.10 Å². The summed E-state index contributed by atoms with van der Waals surface area (Å²) in [5.74, 6) is -0.270. The van der Waals surface area contributed by atoms with Gasteiger partial charge in [0.2, 0.25) is 0 Å². The van der Waals surface area contributed by atoms with Crippen molar-refractivity contribution in [3.63, 3.8) is 0 Å². The molecule has 0 bridgehead atoms. The Labute approximate surface area is 133 Å². The predicted molar refractivity (Wildman–Crippen MR) is 92.3 cm³/mol. The molecular formula is C17H35O3P. The molecule has 0 radical (unpaired) electrons. The van der Waals surface area contributed by atoms with Crippen LogP contribution in [0.3, 0.4) is 0 Å². The van der Waals surface area contributed by atoms with E-state index in [1.807, 2.05) is 0 Å². The lowest BCUT2D eigenvalue weighted by Crippen LogP contribution is -2.20. The van der Waals surface area contributed by atoms with Crippen molar-refractivity contribution in [1.29, 1.82) is 0 Å². The monoisotopic (exact) mass is 318 g/mol. The summed E-state index contributed by atoms with van der Waals surface area (Å²) in [5, 5.41) is 0. The fourth-order valence-corrected chi connectivity index (χ4v) is 2.40. The summed E-state index contributed by atoms with van der Waals surface area (Å²) in [6.45, 7) is 4.48. The van der Waals surface area contributed by atoms with Crippen molar-refractivity contribution in [1.82, 2.24) is 0 Å². The minimum absolute atomic E-state index is 0.270. The Morgan fingerprint density at radius 3 is 1.71 bits per heavy atom. The minimum Gasteiger partial charge on any atom is -0.464 e. The van der Waals surface area contributed by atoms with Crippen LogP contribution in [0.25, 0.3) is 0 Å². The minimum atomic E-state index is -0.479. The molecule has 0 spiro atoms. The molecule has 0 aliphatic rings. The lowest BCUT2D eigenvalue weighted by molar-refractivity contribution is -0.150. The normalized spacial score (nSPS) is 12.3. The van der Waals surface area contributed by atoms with Crippen molar-refractivity contribution < 1.29 is 14.1 Å². The van der Waals surface area contributed by atoms with Gasteiger partial charge in [-0.05, 0) is 13.3 Å². The fourth-order valence-electron chi connectivity index (χ4n) is 2.29. The van der Waals surface area contributed by atoms with Gasteiger partial charge in [0.25, 0.3) is 0 Å². The topological polar surface area (TPSA) is 35.5 Å². The molecule has 0 aliphatic heterocycles. The van der Waals surface area contributed by atoms with E-state index in [9.17, 15) is 4.79 Å². The van der Waals surface area contributed by atoms with Gasteiger partial charge in [0, 0.05) is 9.47 Å². The third-order valence-electron chi connectivity index (χ3n) is 3.78. The molecule has 2 atom stereocenters. The number of unbranched alkanes of at least 4 members (excludes halogenated alkanes) is 11. The molecule has 0 rings (SSSR count). The highest BCUT2D eigenvalue weighted by atomic mass is 31.0. The van der Waals surface area contributed by atoms with E-state index in [2.05, 4.69) is 16.4 Å². The number of ether oxygens (including phenoxy) is 1. The molecule has 0 N–H and O–H groups in total. The van der Waals surface area contributed by atoms with E-state index in [1.54, 1.807) is 6.92 Å². The van der Waals surface area contributed by atoms with E-state index in [0.29, 0.717) is 6.61 Å². The maximum Gasteiger partial charge on any atom is 0.335 e. The van der Waals surface area contributed by atoms with E-state index in [-0.39, 0.29) is 5.97 Å². The van der Waals surface area contributed by atoms with Gasteiger partial charge >= 0.3 is 5.97 Å². The van der Waals surface area contributed by atoms with Crippen LogP contribution in [0.15, 0.2) is 0 Å². The zero-order chi connectivity index (χ0) is 15.8. The molecule has 2 unspecified atom stereocenters.